The summed E-state index contributed by atoms with van der Waals surface area (Å²) >= 11 is 6.07. The van der Waals surface area contributed by atoms with Crippen molar-refractivity contribution in [3.63, 3.8) is 0 Å². The quantitative estimate of drug-likeness (QED) is 0.774. The number of nitrogens with zero attached hydrogens (tertiary/aromatic N) is 4. The highest BCUT2D eigenvalue weighted by Crippen LogP contribution is 2.36. The van der Waals surface area contributed by atoms with Gasteiger partial charge in [0, 0.05) is 35.5 Å². The van der Waals surface area contributed by atoms with E-state index in [1.807, 2.05) is 20.8 Å². The molecule has 0 spiro atoms. The Kier molecular flexibility index (Phi) is 4.24. The van der Waals surface area contributed by atoms with Crippen molar-refractivity contribution in [1.82, 2.24) is 19.7 Å². The van der Waals surface area contributed by atoms with Crippen LogP contribution in [0.4, 0.5) is 0 Å². The molecule has 24 heavy (non-hydrogen) atoms. The number of aryl methyl sites for hydroxylation is 1. The number of aromatic nitrogens is 4. The highest BCUT2D eigenvalue weighted by atomic mass is 35.5. The van der Waals surface area contributed by atoms with E-state index in [9.17, 15) is 9.90 Å². The van der Waals surface area contributed by atoms with E-state index < -0.39 is 5.97 Å². The van der Waals surface area contributed by atoms with Gasteiger partial charge in [-0.3, -0.25) is 4.98 Å². The van der Waals surface area contributed by atoms with Gasteiger partial charge in [0.05, 0.1) is 22.5 Å². The first kappa shape index (κ1) is 16.4. The van der Waals surface area contributed by atoms with Crippen LogP contribution >= 0.6 is 11.6 Å². The monoisotopic (exact) mass is 344 g/mol. The highest BCUT2D eigenvalue weighted by Gasteiger charge is 2.25. The molecule has 1 N–H and O–H groups in total. The number of carboxylic acids is 1. The van der Waals surface area contributed by atoms with Crippen molar-refractivity contribution in [2.75, 3.05) is 0 Å². The Morgan fingerprint density at radius 3 is 2.67 bits per heavy atom. The summed E-state index contributed by atoms with van der Waals surface area (Å²) in [5, 5.41) is 15.3. The summed E-state index contributed by atoms with van der Waals surface area (Å²) in [6.45, 7) is 6.46. The Bertz CT molecular complexity index is 934. The Hall–Kier alpha value is -2.47. The van der Waals surface area contributed by atoms with Gasteiger partial charge < -0.3 is 5.11 Å². The van der Waals surface area contributed by atoms with Crippen molar-refractivity contribution >= 4 is 28.6 Å². The van der Waals surface area contributed by atoms with E-state index in [2.05, 4.69) is 15.1 Å². The number of hydrogen-bond donors (Lipinski definition) is 1. The molecule has 0 aliphatic rings. The molecule has 0 saturated heterocycles. The summed E-state index contributed by atoms with van der Waals surface area (Å²) in [5.41, 5.74) is 2.58. The predicted octanol–water partition coefficient (Wildman–Crippen LogP) is 3.99. The molecule has 124 valence electrons. The maximum absolute atomic E-state index is 12.0. The van der Waals surface area contributed by atoms with Gasteiger partial charge in [-0.15, -0.1) is 0 Å². The topological polar surface area (TPSA) is 80.9 Å². The van der Waals surface area contributed by atoms with Crippen LogP contribution in [0.25, 0.3) is 22.2 Å². The van der Waals surface area contributed by atoms with E-state index in [4.69, 9.17) is 11.6 Å². The van der Waals surface area contributed by atoms with Crippen LogP contribution in [-0.4, -0.2) is 30.8 Å². The van der Waals surface area contributed by atoms with E-state index in [1.165, 1.54) is 6.20 Å². The van der Waals surface area contributed by atoms with E-state index in [1.54, 1.807) is 23.1 Å². The van der Waals surface area contributed by atoms with Crippen LogP contribution in [0.15, 0.2) is 24.7 Å². The minimum atomic E-state index is -1.02. The first-order valence-corrected chi connectivity index (χ1v) is 8.05. The van der Waals surface area contributed by atoms with Crippen molar-refractivity contribution in [2.24, 2.45) is 0 Å². The number of halogens is 1. The SMILES string of the molecule is CCn1ncc2c(-c3cncc(Cl)c3)c(C(=O)O)c(C(C)C)nc21. The fourth-order valence-electron chi connectivity index (χ4n) is 2.82. The third-order valence-corrected chi connectivity index (χ3v) is 4.07. The second kappa shape index (κ2) is 6.20. The Morgan fingerprint density at radius 2 is 2.08 bits per heavy atom. The second-order valence-electron chi connectivity index (χ2n) is 5.80. The molecule has 7 heteroatoms. The molecule has 3 aromatic heterocycles. The minimum absolute atomic E-state index is 0.0494. The molecule has 0 saturated carbocycles. The average molecular weight is 345 g/mol. The molecule has 0 radical (unpaired) electrons. The first-order valence-electron chi connectivity index (χ1n) is 7.67. The van der Waals surface area contributed by atoms with Crippen LogP contribution in [0.1, 0.15) is 42.7 Å². The number of fused-ring (bicyclic) bond motifs is 1. The van der Waals surface area contributed by atoms with Crippen LogP contribution in [-0.2, 0) is 6.54 Å². The molecule has 0 bridgehead atoms. The number of rotatable bonds is 4. The van der Waals surface area contributed by atoms with Crippen LogP contribution in [0.3, 0.4) is 0 Å². The van der Waals surface area contributed by atoms with Crippen LogP contribution < -0.4 is 0 Å². The predicted molar refractivity (Wildman–Crippen MR) is 92.5 cm³/mol. The summed E-state index contributed by atoms with van der Waals surface area (Å²) in [4.78, 5) is 20.7. The lowest BCUT2D eigenvalue weighted by molar-refractivity contribution is 0.0695. The molecule has 6 nitrogen and oxygen atoms in total. The molecule has 0 aromatic carbocycles. The summed E-state index contributed by atoms with van der Waals surface area (Å²) in [6, 6.07) is 1.71. The Labute approximate surface area is 144 Å². The van der Waals surface area contributed by atoms with Gasteiger partial charge in [-0.05, 0) is 18.9 Å². The Balaban J connectivity index is 2.49. The van der Waals surface area contributed by atoms with E-state index in [-0.39, 0.29) is 11.5 Å². The maximum Gasteiger partial charge on any atom is 0.338 e. The first-order chi connectivity index (χ1) is 11.4. The fraction of sp³-hybridized carbons (Fsp3) is 0.294. The molecular weight excluding hydrogens is 328 g/mol. The van der Waals surface area contributed by atoms with Gasteiger partial charge in [-0.2, -0.15) is 5.10 Å². The smallest absolute Gasteiger partial charge is 0.338 e. The van der Waals surface area contributed by atoms with E-state index in [0.29, 0.717) is 39.4 Å². The molecule has 0 aliphatic carbocycles. The molecule has 0 fully saturated rings. The van der Waals surface area contributed by atoms with Gasteiger partial charge in [0.2, 0.25) is 0 Å². The maximum atomic E-state index is 12.0. The molecule has 0 aliphatic heterocycles. The van der Waals surface area contributed by atoms with Crippen molar-refractivity contribution in [2.45, 2.75) is 33.2 Å². The van der Waals surface area contributed by atoms with Crippen molar-refractivity contribution in [3.05, 3.63) is 40.9 Å². The third-order valence-electron chi connectivity index (χ3n) is 3.87. The lowest BCUT2D eigenvalue weighted by Gasteiger charge is -2.15. The molecule has 0 unspecified atom stereocenters. The van der Waals surface area contributed by atoms with Crippen molar-refractivity contribution < 1.29 is 9.90 Å². The lowest BCUT2D eigenvalue weighted by Crippen LogP contribution is -2.11. The minimum Gasteiger partial charge on any atom is -0.478 e. The van der Waals surface area contributed by atoms with Gasteiger partial charge in [-0.1, -0.05) is 25.4 Å². The highest BCUT2D eigenvalue weighted by molar-refractivity contribution is 6.30. The van der Waals surface area contributed by atoms with Crippen LogP contribution in [0, 0.1) is 0 Å². The van der Waals surface area contributed by atoms with Gasteiger partial charge >= 0.3 is 5.97 Å². The largest absolute Gasteiger partial charge is 0.478 e. The van der Waals surface area contributed by atoms with Crippen molar-refractivity contribution in [3.8, 4) is 11.1 Å². The molecule has 3 aromatic rings. The molecule has 0 amide bonds. The van der Waals surface area contributed by atoms with Crippen molar-refractivity contribution in [1.29, 1.82) is 0 Å². The second-order valence-corrected chi connectivity index (χ2v) is 6.23. The summed E-state index contributed by atoms with van der Waals surface area (Å²) in [5.74, 6) is -1.07. The number of pyridine rings is 2. The summed E-state index contributed by atoms with van der Waals surface area (Å²) in [6.07, 6.45) is 4.78. The molecular formula is C17H17ClN4O2. The molecule has 0 atom stereocenters. The zero-order valence-corrected chi connectivity index (χ0v) is 14.4. The van der Waals surface area contributed by atoms with Crippen LogP contribution in [0.5, 0.6) is 0 Å². The molecule has 3 rings (SSSR count). The number of hydrogen-bond acceptors (Lipinski definition) is 4. The fourth-order valence-corrected chi connectivity index (χ4v) is 2.99. The molecule has 3 heterocycles. The van der Waals surface area contributed by atoms with E-state index >= 15 is 0 Å². The van der Waals surface area contributed by atoms with Gasteiger partial charge in [0.1, 0.15) is 0 Å². The number of carbonyl (C=O) groups is 1. The van der Waals surface area contributed by atoms with Crippen LogP contribution in [0.2, 0.25) is 5.02 Å². The summed E-state index contributed by atoms with van der Waals surface area (Å²) < 4.78 is 1.76. The normalized spacial score (nSPS) is 11.4. The van der Waals surface area contributed by atoms with Gasteiger partial charge in [0.25, 0.3) is 0 Å². The lowest BCUT2D eigenvalue weighted by atomic mass is 9.93. The number of aromatic carboxylic acids is 1. The standard InChI is InChI=1S/C17H17ClN4O2/c1-4-22-16-12(8-20-22)13(10-5-11(18)7-19-6-10)14(17(23)24)15(21-16)9(2)3/h5-9H,4H2,1-3H3,(H,23,24). The zero-order valence-electron chi connectivity index (χ0n) is 13.6. The summed E-state index contributed by atoms with van der Waals surface area (Å²) in [7, 11) is 0. The number of carboxylic acid groups (broad SMARTS) is 1. The average Bonchev–Trinajstić information content (AvgIpc) is 2.95. The van der Waals surface area contributed by atoms with Gasteiger partial charge in [-0.25, -0.2) is 14.5 Å². The zero-order chi connectivity index (χ0) is 17.4. The third kappa shape index (κ3) is 2.63. The van der Waals surface area contributed by atoms with Gasteiger partial charge in [0.15, 0.2) is 5.65 Å². The Morgan fingerprint density at radius 1 is 1.33 bits per heavy atom. The van der Waals surface area contributed by atoms with E-state index in [0.717, 1.165) is 0 Å².